The minimum Gasteiger partial charge on any atom is -0.465 e. The van der Waals surface area contributed by atoms with Crippen LogP contribution in [-0.4, -0.2) is 44.2 Å². The molecule has 22 heavy (non-hydrogen) atoms. The summed E-state index contributed by atoms with van der Waals surface area (Å²) >= 11 is 0. The highest BCUT2D eigenvalue weighted by Gasteiger charge is 2.83. The number of allylic oxidation sites excluding steroid dienone is 3. The molecular weight excluding hydrogens is 288 g/mol. The van der Waals surface area contributed by atoms with E-state index < -0.39 is 28.5 Å². The second-order valence-corrected chi connectivity index (χ2v) is 5.51. The van der Waals surface area contributed by atoms with Crippen LogP contribution in [0.2, 0.25) is 0 Å². The van der Waals surface area contributed by atoms with Crippen LogP contribution >= 0.6 is 0 Å². The van der Waals surface area contributed by atoms with Crippen molar-refractivity contribution < 1.29 is 23.8 Å². The van der Waals surface area contributed by atoms with E-state index in [0.717, 1.165) is 0 Å². The van der Waals surface area contributed by atoms with E-state index in [-0.39, 0.29) is 5.71 Å². The minimum atomic E-state index is -1.45. The Kier molecular flexibility index (Phi) is 3.14. The van der Waals surface area contributed by atoms with Crippen molar-refractivity contribution in [1.82, 2.24) is 5.43 Å². The first-order valence-corrected chi connectivity index (χ1v) is 7.06. The summed E-state index contributed by atoms with van der Waals surface area (Å²) in [6.07, 6.45) is 7.94. The number of nitrogens with one attached hydrogen (secondary N) is 1. The average Bonchev–Trinajstić information content (AvgIpc) is 3.25. The second-order valence-electron chi connectivity index (χ2n) is 5.51. The van der Waals surface area contributed by atoms with Crippen LogP contribution in [0.1, 0.15) is 13.3 Å². The molecule has 2 aliphatic carbocycles. The van der Waals surface area contributed by atoms with E-state index in [1.54, 1.807) is 6.92 Å². The molecule has 0 saturated heterocycles. The molecule has 1 aliphatic heterocycles. The van der Waals surface area contributed by atoms with Crippen molar-refractivity contribution in [3.8, 4) is 0 Å². The highest BCUT2D eigenvalue weighted by molar-refractivity contribution is 6.40. The number of hydrogen-bond donors (Lipinski definition) is 1. The average molecular weight is 306 g/mol. The molecular formula is C15H18N2O5. The third-order valence-electron chi connectivity index (χ3n) is 4.69. The third-order valence-corrected chi connectivity index (χ3v) is 4.69. The maximum Gasteiger partial charge on any atom is 0.361 e. The van der Waals surface area contributed by atoms with Crippen LogP contribution in [0.4, 0.5) is 0 Å². The summed E-state index contributed by atoms with van der Waals surface area (Å²) in [5.74, 6) is -1.09. The first-order chi connectivity index (χ1) is 10.5. The number of hydrazone groups is 1. The van der Waals surface area contributed by atoms with Gasteiger partial charge in [-0.05, 0) is 13.3 Å². The molecule has 1 N–H and O–H groups in total. The maximum atomic E-state index is 12.5. The Bertz CT molecular complexity index is 625. The molecule has 3 rings (SSSR count). The zero-order valence-corrected chi connectivity index (χ0v) is 12.7. The van der Waals surface area contributed by atoms with Crippen molar-refractivity contribution in [1.29, 1.82) is 0 Å². The molecule has 1 heterocycles. The molecule has 118 valence electrons. The fourth-order valence-corrected chi connectivity index (χ4v) is 3.65. The third kappa shape index (κ3) is 1.46. The number of hydrogen-bond acceptors (Lipinski definition) is 7. The van der Waals surface area contributed by atoms with Crippen LogP contribution in [0, 0.1) is 10.8 Å². The Hall–Kier alpha value is -2.15. The lowest BCUT2D eigenvalue weighted by Gasteiger charge is -2.42. The summed E-state index contributed by atoms with van der Waals surface area (Å²) in [4.78, 5) is 24.5. The van der Waals surface area contributed by atoms with Gasteiger partial charge in [-0.3, -0.25) is 5.43 Å². The number of ether oxygens (including phenoxy) is 3. The van der Waals surface area contributed by atoms with Crippen molar-refractivity contribution in [2.45, 2.75) is 19.1 Å². The van der Waals surface area contributed by atoms with Gasteiger partial charge in [0.15, 0.2) is 5.71 Å². The molecule has 0 spiro atoms. The summed E-state index contributed by atoms with van der Waals surface area (Å²) in [5, 5.41) is 4.12. The van der Waals surface area contributed by atoms with Crippen LogP contribution in [0.15, 0.2) is 29.4 Å². The van der Waals surface area contributed by atoms with E-state index in [9.17, 15) is 9.59 Å². The van der Waals surface area contributed by atoms with Gasteiger partial charge in [-0.25, -0.2) is 9.59 Å². The number of esters is 2. The molecule has 0 aromatic carbocycles. The Balaban J connectivity index is 2.16. The van der Waals surface area contributed by atoms with Crippen LogP contribution in [0.3, 0.4) is 0 Å². The number of rotatable bonds is 4. The zero-order valence-electron chi connectivity index (χ0n) is 12.7. The first kappa shape index (κ1) is 14.8. The predicted octanol–water partition coefficient (Wildman–Crippen LogP) is 0.527. The topological polar surface area (TPSA) is 86.2 Å². The predicted molar refractivity (Wildman–Crippen MR) is 76.7 cm³/mol. The Morgan fingerprint density at radius 3 is 2.64 bits per heavy atom. The summed E-state index contributed by atoms with van der Waals surface area (Å²) in [6, 6.07) is 0. The zero-order chi connectivity index (χ0) is 16.0. The van der Waals surface area contributed by atoms with Gasteiger partial charge in [0.2, 0.25) is 0 Å². The highest BCUT2D eigenvalue weighted by atomic mass is 16.6. The van der Waals surface area contributed by atoms with E-state index in [4.69, 9.17) is 14.2 Å². The smallest absolute Gasteiger partial charge is 0.361 e. The van der Waals surface area contributed by atoms with Gasteiger partial charge in [0.1, 0.15) is 0 Å². The van der Waals surface area contributed by atoms with Gasteiger partial charge in [0, 0.05) is 6.61 Å². The molecule has 3 atom stereocenters. The van der Waals surface area contributed by atoms with Crippen LogP contribution in [0.5, 0.6) is 0 Å². The summed E-state index contributed by atoms with van der Waals surface area (Å²) in [6.45, 7) is 2.08. The van der Waals surface area contributed by atoms with E-state index in [1.165, 1.54) is 14.2 Å². The van der Waals surface area contributed by atoms with Gasteiger partial charge < -0.3 is 14.2 Å². The standard InChI is InChI=1S/C15H18N2O5/c1-4-22-15(12(19)21-3)14-8-6-5-7-13(14,9-14)10(16-17-15)11(18)20-2/h5-8,17H,4,9H2,1-3H3/t13-,14-,15-/m1/s1. The van der Waals surface area contributed by atoms with Crippen molar-refractivity contribution >= 4 is 17.7 Å². The Labute approximate surface area is 128 Å². The van der Waals surface area contributed by atoms with Gasteiger partial charge in [0.05, 0.1) is 25.0 Å². The molecule has 3 aliphatic rings. The largest absolute Gasteiger partial charge is 0.465 e. The Morgan fingerprint density at radius 2 is 2.00 bits per heavy atom. The normalized spacial score (nSPS) is 37.3. The quantitative estimate of drug-likeness (QED) is 0.762. The lowest BCUT2D eigenvalue weighted by Crippen LogP contribution is -2.64. The lowest BCUT2D eigenvalue weighted by molar-refractivity contribution is -0.187. The number of methoxy groups -OCH3 is 2. The molecule has 0 unspecified atom stereocenters. The Morgan fingerprint density at radius 1 is 1.27 bits per heavy atom. The number of carbonyl (C=O) groups excluding carboxylic acids is 2. The van der Waals surface area contributed by atoms with E-state index in [2.05, 4.69) is 10.5 Å². The molecule has 0 aromatic heterocycles. The molecule has 7 nitrogen and oxygen atoms in total. The molecule has 0 radical (unpaired) electrons. The monoisotopic (exact) mass is 306 g/mol. The van der Waals surface area contributed by atoms with Crippen molar-refractivity contribution in [3.63, 3.8) is 0 Å². The van der Waals surface area contributed by atoms with Crippen LogP contribution in [-0.2, 0) is 23.8 Å². The van der Waals surface area contributed by atoms with E-state index in [0.29, 0.717) is 13.0 Å². The van der Waals surface area contributed by atoms with Gasteiger partial charge in [-0.1, -0.05) is 24.3 Å². The second kappa shape index (κ2) is 4.67. The van der Waals surface area contributed by atoms with E-state index >= 15 is 0 Å². The summed E-state index contributed by atoms with van der Waals surface area (Å²) in [5.41, 5.74) is 0.0752. The fraction of sp³-hybridized carbons (Fsp3) is 0.533. The summed E-state index contributed by atoms with van der Waals surface area (Å²) in [7, 11) is 2.60. The molecule has 1 fully saturated rings. The summed E-state index contributed by atoms with van der Waals surface area (Å²) < 4.78 is 15.5. The van der Waals surface area contributed by atoms with E-state index in [1.807, 2.05) is 24.3 Å². The van der Waals surface area contributed by atoms with Crippen LogP contribution in [0.25, 0.3) is 0 Å². The SMILES string of the molecule is CCO[C@@]1(C(=O)OC)NN=C(C(=O)OC)[C@]23C=CC=C[C@@]21C3. The molecule has 1 saturated carbocycles. The van der Waals surface area contributed by atoms with Gasteiger partial charge in [0.25, 0.3) is 5.72 Å². The van der Waals surface area contributed by atoms with Crippen molar-refractivity contribution in [2.24, 2.45) is 15.9 Å². The minimum absolute atomic E-state index is 0.245. The van der Waals surface area contributed by atoms with Gasteiger partial charge in [-0.15, -0.1) is 0 Å². The highest BCUT2D eigenvalue weighted by Crippen LogP contribution is 2.74. The van der Waals surface area contributed by atoms with Gasteiger partial charge >= 0.3 is 11.9 Å². The van der Waals surface area contributed by atoms with Crippen molar-refractivity contribution in [2.75, 3.05) is 20.8 Å². The van der Waals surface area contributed by atoms with Crippen molar-refractivity contribution in [3.05, 3.63) is 24.3 Å². The molecule has 0 aromatic rings. The first-order valence-electron chi connectivity index (χ1n) is 7.06. The maximum absolute atomic E-state index is 12.5. The fourth-order valence-electron chi connectivity index (χ4n) is 3.65. The van der Waals surface area contributed by atoms with Crippen LogP contribution < -0.4 is 5.43 Å². The van der Waals surface area contributed by atoms with Gasteiger partial charge in [-0.2, -0.15) is 5.10 Å². The molecule has 0 amide bonds. The molecule has 0 bridgehead atoms. The number of nitrogens with zero attached hydrogens (tertiary/aromatic N) is 1. The number of carbonyl (C=O) groups is 2. The molecule has 7 heteroatoms. The lowest BCUT2D eigenvalue weighted by atomic mass is 9.76.